The normalized spacial score (nSPS) is 22.1. The minimum Gasteiger partial charge on any atom is -0.469 e. The van der Waals surface area contributed by atoms with Gasteiger partial charge in [-0.3, -0.25) is 4.79 Å². The van der Waals surface area contributed by atoms with Crippen LogP contribution in [0.5, 0.6) is 0 Å². The number of hydrogen-bond acceptors (Lipinski definition) is 4. The first kappa shape index (κ1) is 24.0. The molecule has 30 heavy (non-hydrogen) atoms. The summed E-state index contributed by atoms with van der Waals surface area (Å²) in [5, 5.41) is 0. The van der Waals surface area contributed by atoms with Crippen LogP contribution in [0.25, 0.3) is 0 Å². The van der Waals surface area contributed by atoms with Crippen LogP contribution in [0.2, 0.25) is 0 Å². The molecule has 5 nitrogen and oxygen atoms in total. The smallest absolute Gasteiger partial charge is 0.410 e. The third-order valence-corrected chi connectivity index (χ3v) is 5.40. The molecule has 1 saturated heterocycles. The maximum absolute atomic E-state index is 12.5. The van der Waals surface area contributed by atoms with E-state index in [2.05, 4.69) is 43.4 Å². The van der Waals surface area contributed by atoms with Crippen LogP contribution in [-0.4, -0.2) is 42.8 Å². The Labute approximate surface area is 181 Å². The highest BCUT2D eigenvalue weighted by Crippen LogP contribution is 2.31. The fraction of sp³-hybridized carbons (Fsp3) is 0.600. The molecule has 0 aromatic heterocycles. The predicted molar refractivity (Wildman–Crippen MR) is 120 cm³/mol. The van der Waals surface area contributed by atoms with E-state index in [4.69, 9.17) is 9.47 Å². The second-order valence-electron chi connectivity index (χ2n) is 9.07. The van der Waals surface area contributed by atoms with Crippen LogP contribution in [0, 0.1) is 11.8 Å². The molecule has 1 fully saturated rings. The van der Waals surface area contributed by atoms with Crippen molar-refractivity contribution in [3.8, 4) is 0 Å². The van der Waals surface area contributed by atoms with Gasteiger partial charge >= 0.3 is 12.1 Å². The lowest BCUT2D eigenvalue weighted by molar-refractivity contribution is -0.146. The van der Waals surface area contributed by atoms with Crippen molar-refractivity contribution in [2.45, 2.75) is 65.4 Å². The number of amides is 1. The largest absolute Gasteiger partial charge is 0.469 e. The zero-order valence-corrected chi connectivity index (χ0v) is 19.1. The number of methoxy groups -OCH3 is 1. The number of carbonyl (C=O) groups excluding carboxylic acids is 2. The lowest BCUT2D eigenvalue weighted by Gasteiger charge is -2.24. The van der Waals surface area contributed by atoms with E-state index >= 15 is 0 Å². The molecule has 166 valence electrons. The number of hydrogen-bond donors (Lipinski definition) is 0. The van der Waals surface area contributed by atoms with E-state index in [9.17, 15) is 9.59 Å². The lowest BCUT2D eigenvalue weighted by atomic mass is 9.89. The molecule has 0 radical (unpaired) electrons. The first-order valence-electron chi connectivity index (χ1n) is 11.0. The van der Waals surface area contributed by atoms with E-state index < -0.39 is 5.60 Å². The number of rotatable bonds is 6. The van der Waals surface area contributed by atoms with Crippen molar-refractivity contribution in [3.63, 3.8) is 0 Å². The van der Waals surface area contributed by atoms with Gasteiger partial charge in [0.1, 0.15) is 5.60 Å². The van der Waals surface area contributed by atoms with Crippen LogP contribution in [0.4, 0.5) is 4.79 Å². The topological polar surface area (TPSA) is 55.8 Å². The maximum Gasteiger partial charge on any atom is 0.410 e. The van der Waals surface area contributed by atoms with Crippen LogP contribution < -0.4 is 0 Å². The number of allylic oxidation sites excluding steroid dienone is 8. The van der Waals surface area contributed by atoms with Gasteiger partial charge in [-0.2, -0.15) is 0 Å². The Morgan fingerprint density at radius 1 is 1.17 bits per heavy atom. The lowest BCUT2D eigenvalue weighted by Crippen LogP contribution is -2.36. The Morgan fingerprint density at radius 3 is 2.40 bits per heavy atom. The summed E-state index contributed by atoms with van der Waals surface area (Å²) in [5.41, 5.74) is 2.14. The quantitative estimate of drug-likeness (QED) is 0.531. The van der Waals surface area contributed by atoms with E-state index in [1.807, 2.05) is 20.8 Å². The minimum atomic E-state index is -0.555. The van der Waals surface area contributed by atoms with Crippen molar-refractivity contribution in [2.24, 2.45) is 11.8 Å². The molecule has 1 aliphatic carbocycles. The van der Waals surface area contributed by atoms with Gasteiger partial charge in [-0.1, -0.05) is 54.5 Å². The highest BCUT2D eigenvalue weighted by atomic mass is 16.6. The molecule has 1 heterocycles. The van der Waals surface area contributed by atoms with Crippen LogP contribution in [0.1, 0.15) is 59.8 Å². The molecule has 0 aromatic carbocycles. The van der Waals surface area contributed by atoms with Crippen molar-refractivity contribution in [2.75, 3.05) is 20.2 Å². The molecule has 2 aliphatic rings. The number of carbonyl (C=O) groups is 2. The molecule has 5 heteroatoms. The van der Waals surface area contributed by atoms with E-state index in [0.29, 0.717) is 13.1 Å². The molecule has 0 aromatic rings. The average molecular weight is 416 g/mol. The Morgan fingerprint density at radius 2 is 1.83 bits per heavy atom. The third-order valence-electron chi connectivity index (χ3n) is 5.40. The Bertz CT molecular complexity index is 708. The fourth-order valence-electron chi connectivity index (χ4n) is 3.96. The Balaban J connectivity index is 2.07. The number of ether oxygens (including phenoxy) is 2. The Hall–Kier alpha value is -2.30. The second-order valence-corrected chi connectivity index (χ2v) is 9.07. The molecular formula is C25H37NO4. The number of esters is 1. The monoisotopic (exact) mass is 415 g/mol. The van der Waals surface area contributed by atoms with Crippen LogP contribution in [0.3, 0.4) is 0 Å². The summed E-state index contributed by atoms with van der Waals surface area (Å²) < 4.78 is 10.5. The minimum absolute atomic E-state index is 0.0672. The van der Waals surface area contributed by atoms with Crippen molar-refractivity contribution in [1.29, 1.82) is 0 Å². The SMILES string of the molecule is CC/C=C(\C=C1CC=CC=CC1)CCC1CN(C(=O)OC(C)(C)C)C[C@@H]1C(=O)OC. The van der Waals surface area contributed by atoms with Gasteiger partial charge in [-0.05, 0) is 58.8 Å². The maximum atomic E-state index is 12.5. The summed E-state index contributed by atoms with van der Waals surface area (Å²) in [6.07, 6.45) is 17.4. The first-order chi connectivity index (χ1) is 14.2. The first-order valence-corrected chi connectivity index (χ1v) is 11.0. The highest BCUT2D eigenvalue weighted by Gasteiger charge is 2.41. The van der Waals surface area contributed by atoms with Gasteiger partial charge in [0.15, 0.2) is 0 Å². The molecule has 1 aliphatic heterocycles. The van der Waals surface area contributed by atoms with Gasteiger partial charge in [0.05, 0.1) is 13.0 Å². The molecular weight excluding hydrogens is 378 g/mol. The molecule has 1 unspecified atom stereocenters. The zero-order chi connectivity index (χ0) is 22.1. The van der Waals surface area contributed by atoms with Crippen molar-refractivity contribution in [1.82, 2.24) is 4.90 Å². The van der Waals surface area contributed by atoms with E-state index in [1.165, 1.54) is 18.3 Å². The van der Waals surface area contributed by atoms with E-state index in [0.717, 1.165) is 32.1 Å². The number of likely N-dealkylation sites (tertiary alicyclic amines) is 1. The summed E-state index contributed by atoms with van der Waals surface area (Å²) in [5.74, 6) is -0.483. The standard InChI is InChI=1S/C25H37NO4/c1-6-11-19(16-20-12-9-7-8-10-13-20)14-15-21-17-26(18-22(21)23(27)29-5)24(28)30-25(2,3)4/h7-11,16,21-22H,6,12-15,17-18H2,1-5H3/b19-11-/t21?,22-/m0/s1. The van der Waals surface area contributed by atoms with Crippen molar-refractivity contribution < 1.29 is 19.1 Å². The van der Waals surface area contributed by atoms with Gasteiger partial charge in [0.2, 0.25) is 0 Å². The molecule has 2 rings (SSSR count). The van der Waals surface area contributed by atoms with Crippen LogP contribution >= 0.6 is 0 Å². The van der Waals surface area contributed by atoms with Crippen molar-refractivity contribution in [3.05, 3.63) is 47.6 Å². The van der Waals surface area contributed by atoms with Crippen molar-refractivity contribution >= 4 is 12.1 Å². The third kappa shape index (κ3) is 7.51. The van der Waals surface area contributed by atoms with Gasteiger partial charge < -0.3 is 14.4 Å². The van der Waals surface area contributed by atoms with Gasteiger partial charge in [-0.15, -0.1) is 0 Å². The van der Waals surface area contributed by atoms with Crippen LogP contribution in [0.15, 0.2) is 47.6 Å². The summed E-state index contributed by atoms with van der Waals surface area (Å²) in [6.45, 7) is 8.57. The average Bonchev–Trinajstić information content (AvgIpc) is 2.94. The molecule has 0 saturated carbocycles. The molecule has 0 spiro atoms. The summed E-state index contributed by atoms with van der Waals surface area (Å²) in [4.78, 5) is 26.5. The highest BCUT2D eigenvalue weighted by molar-refractivity contribution is 5.76. The Kier molecular flexibility index (Phi) is 8.94. The molecule has 1 amide bonds. The second kappa shape index (κ2) is 11.2. The van der Waals surface area contributed by atoms with Gasteiger partial charge in [0, 0.05) is 13.1 Å². The van der Waals surface area contributed by atoms with Crippen LogP contribution in [-0.2, 0) is 14.3 Å². The number of nitrogens with zero attached hydrogens (tertiary/aromatic N) is 1. The fourth-order valence-corrected chi connectivity index (χ4v) is 3.96. The van der Waals surface area contributed by atoms with E-state index in [1.54, 1.807) is 4.90 Å². The van der Waals surface area contributed by atoms with Gasteiger partial charge in [-0.25, -0.2) is 4.79 Å². The molecule has 0 bridgehead atoms. The summed E-state index contributed by atoms with van der Waals surface area (Å²) >= 11 is 0. The zero-order valence-electron chi connectivity index (χ0n) is 19.1. The molecule has 2 atom stereocenters. The summed E-state index contributed by atoms with van der Waals surface area (Å²) in [6, 6.07) is 0. The summed E-state index contributed by atoms with van der Waals surface area (Å²) in [7, 11) is 1.41. The van der Waals surface area contributed by atoms with Gasteiger partial charge in [0.25, 0.3) is 0 Å². The predicted octanol–water partition coefficient (Wildman–Crippen LogP) is 5.59. The van der Waals surface area contributed by atoms with E-state index in [-0.39, 0.29) is 23.9 Å². The molecule has 0 N–H and O–H groups in total.